The minimum absolute atomic E-state index is 0.335. The predicted molar refractivity (Wildman–Crippen MR) is 60.5 cm³/mol. The molecule has 0 aliphatic rings. The van der Waals surface area contributed by atoms with E-state index in [2.05, 4.69) is 5.10 Å². The lowest BCUT2D eigenvalue weighted by atomic mass is 9.95. The Morgan fingerprint density at radius 3 is 2.80 bits per heavy atom. The van der Waals surface area contributed by atoms with Gasteiger partial charge in [0.05, 0.1) is 5.60 Å². The number of aliphatic hydroxyl groups is 1. The molecule has 0 radical (unpaired) electrons. The third-order valence-corrected chi connectivity index (χ3v) is 2.98. The third kappa shape index (κ3) is 3.32. The zero-order chi connectivity index (χ0) is 11.3. The van der Waals surface area contributed by atoms with Crippen molar-refractivity contribution in [2.24, 2.45) is 5.73 Å². The summed E-state index contributed by atoms with van der Waals surface area (Å²) in [4.78, 5) is 0. The van der Waals surface area contributed by atoms with Gasteiger partial charge in [0, 0.05) is 25.0 Å². The molecule has 15 heavy (non-hydrogen) atoms. The molecule has 0 fully saturated rings. The lowest BCUT2D eigenvalue weighted by molar-refractivity contribution is 0.0331. The Labute approximate surface area is 91.1 Å². The first-order valence-corrected chi connectivity index (χ1v) is 5.52. The minimum Gasteiger partial charge on any atom is -0.389 e. The number of aryl methyl sites for hydroxylation is 2. The van der Waals surface area contributed by atoms with Gasteiger partial charge in [-0.15, -0.1) is 0 Å². The summed E-state index contributed by atoms with van der Waals surface area (Å²) in [6, 6.07) is 1.98. The summed E-state index contributed by atoms with van der Waals surface area (Å²) in [5.41, 5.74) is 6.00. The molecule has 86 valence electrons. The highest BCUT2D eigenvalue weighted by molar-refractivity contribution is 4.96. The topological polar surface area (TPSA) is 64.1 Å². The standard InChI is InChI=1S/C11H21N3O/c1-3-11(15,9-12)6-4-8-14-10(2)5-7-13-14/h5,7,15H,3-4,6,8-9,12H2,1-2H3. The van der Waals surface area contributed by atoms with Gasteiger partial charge in [-0.3, -0.25) is 4.68 Å². The number of nitrogens with two attached hydrogens (primary N) is 1. The van der Waals surface area contributed by atoms with Gasteiger partial charge in [-0.2, -0.15) is 5.10 Å². The fraction of sp³-hybridized carbons (Fsp3) is 0.727. The summed E-state index contributed by atoms with van der Waals surface area (Å²) in [6.07, 6.45) is 4.15. The quantitative estimate of drug-likeness (QED) is 0.740. The molecule has 0 saturated carbocycles. The van der Waals surface area contributed by atoms with Crippen molar-refractivity contribution in [3.05, 3.63) is 18.0 Å². The van der Waals surface area contributed by atoms with Crippen LogP contribution >= 0.6 is 0 Å². The van der Waals surface area contributed by atoms with E-state index >= 15 is 0 Å². The van der Waals surface area contributed by atoms with Gasteiger partial charge in [-0.25, -0.2) is 0 Å². The zero-order valence-corrected chi connectivity index (χ0v) is 9.61. The highest BCUT2D eigenvalue weighted by Gasteiger charge is 2.21. The summed E-state index contributed by atoms with van der Waals surface area (Å²) in [7, 11) is 0. The zero-order valence-electron chi connectivity index (χ0n) is 9.61. The van der Waals surface area contributed by atoms with Gasteiger partial charge in [-0.1, -0.05) is 6.92 Å². The number of rotatable bonds is 6. The average molecular weight is 211 g/mol. The summed E-state index contributed by atoms with van der Waals surface area (Å²) in [6.45, 7) is 5.18. The van der Waals surface area contributed by atoms with E-state index in [9.17, 15) is 5.11 Å². The highest BCUT2D eigenvalue weighted by atomic mass is 16.3. The van der Waals surface area contributed by atoms with Crippen LogP contribution in [0.15, 0.2) is 12.3 Å². The van der Waals surface area contributed by atoms with Crippen LogP contribution in [0.5, 0.6) is 0 Å². The molecule has 1 heterocycles. The van der Waals surface area contributed by atoms with Crippen LogP contribution in [-0.2, 0) is 6.54 Å². The molecule has 0 spiro atoms. The monoisotopic (exact) mass is 211 g/mol. The fourth-order valence-corrected chi connectivity index (χ4v) is 1.61. The van der Waals surface area contributed by atoms with E-state index in [-0.39, 0.29) is 0 Å². The van der Waals surface area contributed by atoms with Crippen molar-refractivity contribution in [2.45, 2.75) is 45.3 Å². The van der Waals surface area contributed by atoms with Crippen LogP contribution in [0.3, 0.4) is 0 Å². The number of aromatic nitrogens is 2. The summed E-state index contributed by atoms with van der Waals surface area (Å²) in [5.74, 6) is 0. The molecule has 0 amide bonds. The Morgan fingerprint density at radius 1 is 1.60 bits per heavy atom. The maximum absolute atomic E-state index is 9.97. The van der Waals surface area contributed by atoms with Crippen molar-refractivity contribution in [1.82, 2.24) is 9.78 Å². The molecule has 1 unspecified atom stereocenters. The minimum atomic E-state index is -0.693. The largest absolute Gasteiger partial charge is 0.389 e. The lowest BCUT2D eigenvalue weighted by Gasteiger charge is -2.24. The normalized spacial score (nSPS) is 15.2. The lowest BCUT2D eigenvalue weighted by Crippen LogP contribution is -2.37. The van der Waals surface area contributed by atoms with E-state index in [1.807, 2.05) is 24.6 Å². The van der Waals surface area contributed by atoms with Gasteiger partial charge >= 0.3 is 0 Å². The van der Waals surface area contributed by atoms with Crippen molar-refractivity contribution in [3.8, 4) is 0 Å². The molecule has 1 atom stereocenters. The van der Waals surface area contributed by atoms with Gasteiger partial charge in [0.1, 0.15) is 0 Å². The first-order valence-electron chi connectivity index (χ1n) is 5.52. The first-order chi connectivity index (χ1) is 7.11. The number of hydrogen-bond acceptors (Lipinski definition) is 3. The van der Waals surface area contributed by atoms with E-state index in [4.69, 9.17) is 5.73 Å². The number of hydrogen-bond donors (Lipinski definition) is 2. The number of nitrogens with zero attached hydrogens (tertiary/aromatic N) is 2. The molecule has 4 heteroatoms. The van der Waals surface area contributed by atoms with Crippen molar-refractivity contribution < 1.29 is 5.11 Å². The maximum atomic E-state index is 9.97. The van der Waals surface area contributed by atoms with Crippen LogP contribution in [-0.4, -0.2) is 27.0 Å². The smallest absolute Gasteiger partial charge is 0.0767 e. The van der Waals surface area contributed by atoms with Crippen molar-refractivity contribution in [2.75, 3.05) is 6.54 Å². The van der Waals surface area contributed by atoms with E-state index in [0.717, 1.165) is 25.1 Å². The van der Waals surface area contributed by atoms with Crippen molar-refractivity contribution in [1.29, 1.82) is 0 Å². The van der Waals surface area contributed by atoms with Gasteiger partial charge in [-0.05, 0) is 32.3 Å². The second-order valence-electron chi connectivity index (χ2n) is 4.08. The van der Waals surface area contributed by atoms with Crippen LogP contribution in [0.4, 0.5) is 0 Å². The van der Waals surface area contributed by atoms with Crippen LogP contribution in [0, 0.1) is 6.92 Å². The molecule has 1 rings (SSSR count). The summed E-state index contributed by atoms with van der Waals surface area (Å²) < 4.78 is 1.95. The SMILES string of the molecule is CCC(O)(CN)CCCn1nccc1C. The van der Waals surface area contributed by atoms with Gasteiger partial charge in [0.25, 0.3) is 0 Å². The van der Waals surface area contributed by atoms with Gasteiger partial charge in [0.15, 0.2) is 0 Å². The molecule has 1 aromatic heterocycles. The van der Waals surface area contributed by atoms with E-state index in [0.29, 0.717) is 13.0 Å². The molecule has 3 N–H and O–H groups in total. The van der Waals surface area contributed by atoms with Crippen molar-refractivity contribution >= 4 is 0 Å². The molecular weight excluding hydrogens is 190 g/mol. The Bertz CT molecular complexity index is 292. The molecular formula is C11H21N3O. The van der Waals surface area contributed by atoms with E-state index < -0.39 is 5.60 Å². The third-order valence-electron chi connectivity index (χ3n) is 2.98. The van der Waals surface area contributed by atoms with Crippen LogP contribution in [0.1, 0.15) is 31.9 Å². The molecule has 0 bridgehead atoms. The molecule has 0 saturated heterocycles. The van der Waals surface area contributed by atoms with Crippen LogP contribution in [0.2, 0.25) is 0 Å². The molecule has 4 nitrogen and oxygen atoms in total. The Balaban J connectivity index is 2.36. The Hall–Kier alpha value is -0.870. The Morgan fingerprint density at radius 2 is 2.33 bits per heavy atom. The van der Waals surface area contributed by atoms with Crippen molar-refractivity contribution in [3.63, 3.8) is 0 Å². The average Bonchev–Trinajstić information content (AvgIpc) is 2.64. The van der Waals surface area contributed by atoms with Crippen LogP contribution < -0.4 is 5.73 Å². The van der Waals surface area contributed by atoms with E-state index in [1.54, 1.807) is 6.20 Å². The van der Waals surface area contributed by atoms with Gasteiger partial charge < -0.3 is 10.8 Å². The summed E-state index contributed by atoms with van der Waals surface area (Å²) in [5, 5.41) is 14.2. The van der Waals surface area contributed by atoms with E-state index in [1.165, 1.54) is 0 Å². The highest BCUT2D eigenvalue weighted by Crippen LogP contribution is 2.16. The molecule has 0 aliphatic heterocycles. The maximum Gasteiger partial charge on any atom is 0.0767 e. The van der Waals surface area contributed by atoms with Gasteiger partial charge in [0.2, 0.25) is 0 Å². The second-order valence-corrected chi connectivity index (χ2v) is 4.08. The first kappa shape index (κ1) is 12.2. The second kappa shape index (κ2) is 5.28. The molecule has 1 aromatic rings. The molecule has 0 aromatic carbocycles. The molecule has 0 aliphatic carbocycles. The summed E-state index contributed by atoms with van der Waals surface area (Å²) >= 11 is 0. The predicted octanol–water partition coefficient (Wildman–Crippen LogP) is 1.07. The Kier molecular flexibility index (Phi) is 4.29. The van der Waals surface area contributed by atoms with Crippen LogP contribution in [0.25, 0.3) is 0 Å². The fourth-order valence-electron chi connectivity index (χ4n) is 1.61.